The Morgan fingerprint density at radius 3 is 2.50 bits per heavy atom. The summed E-state index contributed by atoms with van der Waals surface area (Å²) in [6.07, 6.45) is 5.59. The van der Waals surface area contributed by atoms with Gasteiger partial charge in [-0.3, -0.25) is 14.6 Å². The molecule has 0 saturated carbocycles. The molecule has 2 heterocycles. The second-order valence-electron chi connectivity index (χ2n) is 8.74. The number of amides is 1. The number of carboxylic acid groups (broad SMARTS) is 1. The highest BCUT2D eigenvalue weighted by Crippen LogP contribution is 2.24. The first-order valence-electron chi connectivity index (χ1n) is 13.7. The molecule has 7 heteroatoms. The number of aliphatic carboxylic acids is 1. The molecule has 0 radical (unpaired) electrons. The van der Waals surface area contributed by atoms with E-state index in [1.807, 2.05) is 24.3 Å². The summed E-state index contributed by atoms with van der Waals surface area (Å²) in [6.45, 7) is -1.80. The molecule has 0 aliphatic heterocycles. The monoisotopic (exact) mass is 514 g/mol. The van der Waals surface area contributed by atoms with Crippen molar-refractivity contribution in [3.05, 3.63) is 108 Å². The third kappa shape index (κ3) is 7.80. The first-order valence-corrected chi connectivity index (χ1v) is 12.7. The SMILES string of the molecule is [2H]C([2H])(c1ccccc1OCCCCCC(=O)O)N(CCc1ccccn1)C(=O)c1ccc(-c2ccco2)cc1. The molecule has 0 aliphatic rings. The lowest BCUT2D eigenvalue weighted by Gasteiger charge is -2.24. The van der Waals surface area contributed by atoms with Crippen LogP contribution in [-0.4, -0.2) is 40.0 Å². The summed E-state index contributed by atoms with van der Waals surface area (Å²) in [5.41, 5.74) is 2.14. The van der Waals surface area contributed by atoms with Crippen molar-refractivity contribution >= 4 is 11.9 Å². The molecule has 0 saturated heterocycles. The first kappa shape index (κ1) is 24.0. The van der Waals surface area contributed by atoms with Gasteiger partial charge in [-0.2, -0.15) is 0 Å². The molecule has 1 amide bonds. The number of carboxylic acids is 1. The Morgan fingerprint density at radius 1 is 0.947 bits per heavy atom. The van der Waals surface area contributed by atoms with Crippen LogP contribution in [0.2, 0.25) is 0 Å². The van der Waals surface area contributed by atoms with E-state index in [9.17, 15) is 9.59 Å². The fourth-order valence-electron chi connectivity index (χ4n) is 3.92. The van der Waals surface area contributed by atoms with Gasteiger partial charge in [-0.05, 0) is 61.7 Å². The lowest BCUT2D eigenvalue weighted by Crippen LogP contribution is -2.32. The van der Waals surface area contributed by atoms with E-state index in [2.05, 4.69) is 4.98 Å². The van der Waals surface area contributed by atoms with Gasteiger partial charge in [-0.1, -0.05) is 36.4 Å². The van der Waals surface area contributed by atoms with Crippen molar-refractivity contribution in [2.45, 2.75) is 38.6 Å². The summed E-state index contributed by atoms with van der Waals surface area (Å²) < 4.78 is 29.7. The molecule has 0 fully saturated rings. The Hall–Kier alpha value is -4.39. The summed E-state index contributed by atoms with van der Waals surface area (Å²) in [4.78, 5) is 30.1. The van der Waals surface area contributed by atoms with E-state index in [4.69, 9.17) is 17.0 Å². The molecule has 2 aromatic heterocycles. The fourth-order valence-corrected chi connectivity index (χ4v) is 3.92. The van der Waals surface area contributed by atoms with Gasteiger partial charge in [0.1, 0.15) is 11.5 Å². The molecular weight excluding hydrogens is 480 g/mol. The van der Waals surface area contributed by atoms with E-state index >= 15 is 0 Å². The number of para-hydroxylation sites is 1. The lowest BCUT2D eigenvalue weighted by atomic mass is 10.1. The molecule has 196 valence electrons. The average molecular weight is 515 g/mol. The molecule has 2 aromatic carbocycles. The van der Waals surface area contributed by atoms with Crippen LogP contribution in [0.3, 0.4) is 0 Å². The Labute approximate surface area is 225 Å². The van der Waals surface area contributed by atoms with E-state index in [0.717, 1.165) is 11.3 Å². The van der Waals surface area contributed by atoms with E-state index in [1.54, 1.807) is 67.1 Å². The van der Waals surface area contributed by atoms with Gasteiger partial charge < -0.3 is 19.2 Å². The molecular formula is C31H32N2O5. The van der Waals surface area contributed by atoms with E-state index in [-0.39, 0.29) is 18.5 Å². The quantitative estimate of drug-likeness (QED) is 0.200. The molecule has 4 rings (SSSR count). The van der Waals surface area contributed by atoms with Crippen molar-refractivity contribution < 1.29 is 26.6 Å². The summed E-state index contributed by atoms with van der Waals surface area (Å²) >= 11 is 0. The van der Waals surface area contributed by atoms with Gasteiger partial charge in [0.25, 0.3) is 5.91 Å². The van der Waals surface area contributed by atoms with Crippen molar-refractivity contribution in [1.82, 2.24) is 9.88 Å². The topological polar surface area (TPSA) is 92.9 Å². The van der Waals surface area contributed by atoms with Gasteiger partial charge >= 0.3 is 5.97 Å². The second kappa shape index (κ2) is 13.8. The highest BCUT2D eigenvalue weighted by atomic mass is 16.5. The lowest BCUT2D eigenvalue weighted by molar-refractivity contribution is -0.137. The number of nitrogens with zero attached hydrogens (tertiary/aromatic N) is 2. The molecule has 4 aromatic rings. The predicted octanol–water partition coefficient (Wildman–Crippen LogP) is 6.25. The number of hydrogen-bond acceptors (Lipinski definition) is 5. The summed E-state index contributed by atoms with van der Waals surface area (Å²) in [7, 11) is 0. The molecule has 0 atom stereocenters. The van der Waals surface area contributed by atoms with Crippen LogP contribution >= 0.6 is 0 Å². The van der Waals surface area contributed by atoms with Gasteiger partial charge in [0.2, 0.25) is 0 Å². The molecule has 1 N–H and O–H groups in total. The molecule has 7 nitrogen and oxygen atoms in total. The smallest absolute Gasteiger partial charge is 0.303 e. The van der Waals surface area contributed by atoms with Crippen LogP contribution in [0.25, 0.3) is 11.3 Å². The van der Waals surface area contributed by atoms with Crippen LogP contribution < -0.4 is 4.74 Å². The van der Waals surface area contributed by atoms with Gasteiger partial charge in [0.15, 0.2) is 0 Å². The molecule has 0 aliphatic carbocycles. The largest absolute Gasteiger partial charge is 0.493 e. The first-order chi connectivity index (χ1) is 19.4. The molecule has 38 heavy (non-hydrogen) atoms. The summed E-state index contributed by atoms with van der Waals surface area (Å²) in [5.74, 6) is -0.272. The number of hydrogen-bond donors (Lipinski definition) is 1. The van der Waals surface area contributed by atoms with Crippen molar-refractivity contribution in [3.63, 3.8) is 0 Å². The number of benzene rings is 2. The summed E-state index contributed by atoms with van der Waals surface area (Å²) in [5, 5.41) is 8.81. The van der Waals surface area contributed by atoms with Crippen molar-refractivity contribution in [1.29, 1.82) is 0 Å². The van der Waals surface area contributed by atoms with Crippen LogP contribution in [0.5, 0.6) is 5.75 Å². The zero-order chi connectivity index (χ0) is 28.4. The maximum Gasteiger partial charge on any atom is 0.303 e. The molecule has 0 spiro atoms. The van der Waals surface area contributed by atoms with Gasteiger partial charge in [-0.15, -0.1) is 0 Å². The minimum atomic E-state index is -2.20. The van der Waals surface area contributed by atoms with Crippen LogP contribution in [0.1, 0.15) is 50.0 Å². The van der Waals surface area contributed by atoms with Crippen LogP contribution in [-0.2, 0) is 17.7 Å². The van der Waals surface area contributed by atoms with E-state index < -0.39 is 18.4 Å². The number of aromatic nitrogens is 1. The average Bonchev–Trinajstić information content (AvgIpc) is 3.51. The predicted molar refractivity (Wildman–Crippen MR) is 145 cm³/mol. The Kier molecular flexibility index (Phi) is 8.70. The normalized spacial score (nSPS) is 11.9. The van der Waals surface area contributed by atoms with Crippen LogP contribution in [0.15, 0.2) is 95.7 Å². The third-order valence-electron chi connectivity index (χ3n) is 5.94. The number of pyridine rings is 1. The van der Waals surface area contributed by atoms with Crippen molar-refractivity contribution in [2.24, 2.45) is 0 Å². The Bertz CT molecular complexity index is 1380. The third-order valence-corrected chi connectivity index (χ3v) is 5.94. The zero-order valence-corrected chi connectivity index (χ0v) is 21.1. The number of unbranched alkanes of at least 4 members (excludes halogenated alkanes) is 2. The minimum absolute atomic E-state index is 0.0896. The van der Waals surface area contributed by atoms with Crippen molar-refractivity contribution in [2.75, 3.05) is 13.2 Å². The van der Waals surface area contributed by atoms with Crippen LogP contribution in [0.4, 0.5) is 0 Å². The Morgan fingerprint density at radius 2 is 1.76 bits per heavy atom. The highest BCUT2D eigenvalue weighted by molar-refractivity contribution is 5.94. The maximum atomic E-state index is 13.8. The van der Waals surface area contributed by atoms with E-state index in [0.29, 0.717) is 49.4 Å². The van der Waals surface area contributed by atoms with Crippen molar-refractivity contribution in [3.8, 4) is 17.1 Å². The fraction of sp³-hybridized carbons (Fsp3) is 0.258. The second-order valence-corrected chi connectivity index (χ2v) is 8.74. The van der Waals surface area contributed by atoms with Gasteiger partial charge in [0.05, 0.1) is 15.6 Å². The minimum Gasteiger partial charge on any atom is -0.493 e. The number of furan rings is 1. The number of rotatable bonds is 14. The number of carbonyl (C=O) groups excluding carboxylic acids is 1. The maximum absolute atomic E-state index is 13.8. The van der Waals surface area contributed by atoms with Gasteiger partial charge in [0, 0.05) is 54.5 Å². The van der Waals surface area contributed by atoms with Gasteiger partial charge in [-0.25, -0.2) is 0 Å². The van der Waals surface area contributed by atoms with E-state index in [1.165, 1.54) is 4.90 Å². The number of carbonyl (C=O) groups is 2. The highest BCUT2D eigenvalue weighted by Gasteiger charge is 2.19. The Balaban J connectivity index is 1.57. The number of ether oxygens (including phenoxy) is 1. The standard InChI is InChI=1S/C31H32N2O5/c34-30(35)13-2-1-7-21-37-29-11-4-3-9-26(29)23-33(20-18-27-10-5-6-19-32-27)31(36)25-16-14-24(15-17-25)28-12-8-22-38-28/h3-6,8-12,14-17,19,22H,1-2,7,13,18,20-21,23H2,(H,34,35)/i23D2. The molecule has 0 unspecified atom stereocenters. The zero-order valence-electron chi connectivity index (χ0n) is 23.1. The summed E-state index contributed by atoms with van der Waals surface area (Å²) in [6, 6.07) is 22.8. The molecule has 0 bridgehead atoms. The van der Waals surface area contributed by atoms with Crippen LogP contribution in [0, 0.1) is 0 Å².